The Balaban J connectivity index is 1.54. The van der Waals surface area contributed by atoms with Crippen LogP contribution >= 0.6 is 0 Å². The Morgan fingerprint density at radius 2 is 1.97 bits per heavy atom. The Hall–Kier alpha value is -3.16. The highest BCUT2D eigenvalue weighted by atomic mass is 16.6. The minimum absolute atomic E-state index is 0.0402. The zero-order valence-electron chi connectivity index (χ0n) is 17.7. The van der Waals surface area contributed by atoms with Crippen molar-refractivity contribution in [1.82, 2.24) is 15.1 Å². The maximum Gasteiger partial charge on any atom is 0.409 e. The van der Waals surface area contributed by atoms with Crippen LogP contribution in [0.25, 0.3) is 0 Å². The number of aromatic nitrogens is 2. The number of carbonyl (C=O) groups is 3. The number of ether oxygens (including phenoxy) is 1. The van der Waals surface area contributed by atoms with Crippen molar-refractivity contribution < 1.29 is 19.1 Å². The third kappa shape index (κ3) is 5.25. The zero-order valence-corrected chi connectivity index (χ0v) is 17.7. The monoisotopic (exact) mass is 412 g/mol. The summed E-state index contributed by atoms with van der Waals surface area (Å²) in [5.74, 6) is -0.139. The molecule has 1 aliphatic carbocycles. The third-order valence-corrected chi connectivity index (χ3v) is 4.97. The van der Waals surface area contributed by atoms with E-state index < -0.39 is 5.91 Å². The number of anilines is 1. The molecule has 8 nitrogen and oxygen atoms in total. The van der Waals surface area contributed by atoms with E-state index in [9.17, 15) is 14.4 Å². The highest BCUT2D eigenvalue weighted by molar-refractivity contribution is 6.12. The number of nitrogens with one attached hydrogen (secondary N) is 2. The number of amides is 2. The first-order chi connectivity index (χ1) is 14.3. The average Bonchev–Trinajstić information content (AvgIpc) is 3.17. The largest absolute Gasteiger partial charge is 0.449 e. The fourth-order valence-corrected chi connectivity index (χ4v) is 3.26. The fourth-order valence-electron chi connectivity index (χ4n) is 3.26. The number of H-pyrrole nitrogens is 1. The van der Waals surface area contributed by atoms with E-state index in [1.54, 1.807) is 24.1 Å². The summed E-state index contributed by atoms with van der Waals surface area (Å²) < 4.78 is 5.21. The lowest BCUT2D eigenvalue weighted by Crippen LogP contribution is -2.30. The van der Waals surface area contributed by atoms with E-state index in [0.29, 0.717) is 43.2 Å². The highest BCUT2D eigenvalue weighted by Crippen LogP contribution is 2.23. The molecule has 0 spiro atoms. The quantitative estimate of drug-likeness (QED) is 0.725. The minimum Gasteiger partial charge on any atom is -0.449 e. The molecule has 0 saturated heterocycles. The summed E-state index contributed by atoms with van der Waals surface area (Å²) in [7, 11) is 1.71. The SMILES string of the molecule is CC(C)COC(=O)N(C)CCc1ccc(NC(=O)c2n[nH]c3c2C(=O)CCC3)cc1. The number of Topliss-reactive ketones (excluding diaryl/α,β-unsaturated/α-hetero) is 1. The summed E-state index contributed by atoms with van der Waals surface area (Å²) in [6.07, 6.45) is 2.30. The maximum absolute atomic E-state index is 12.6. The summed E-state index contributed by atoms with van der Waals surface area (Å²) >= 11 is 0. The van der Waals surface area contributed by atoms with Gasteiger partial charge >= 0.3 is 6.09 Å². The number of rotatable bonds is 7. The van der Waals surface area contributed by atoms with Crippen molar-refractivity contribution in [2.24, 2.45) is 5.92 Å². The van der Waals surface area contributed by atoms with Gasteiger partial charge in [0.2, 0.25) is 0 Å². The van der Waals surface area contributed by atoms with Crippen LogP contribution in [0.3, 0.4) is 0 Å². The fraction of sp³-hybridized carbons (Fsp3) is 0.455. The summed E-state index contributed by atoms with van der Waals surface area (Å²) in [6, 6.07) is 7.39. The summed E-state index contributed by atoms with van der Waals surface area (Å²) in [5, 5.41) is 9.65. The molecule has 160 valence electrons. The van der Waals surface area contributed by atoms with Crippen molar-refractivity contribution >= 4 is 23.5 Å². The molecule has 2 amide bonds. The van der Waals surface area contributed by atoms with E-state index in [-0.39, 0.29) is 17.6 Å². The molecule has 1 aromatic heterocycles. The molecule has 0 saturated carbocycles. The molecule has 1 aromatic carbocycles. The molecule has 0 aliphatic heterocycles. The van der Waals surface area contributed by atoms with Crippen molar-refractivity contribution in [2.75, 3.05) is 25.5 Å². The van der Waals surface area contributed by atoms with Crippen molar-refractivity contribution in [1.29, 1.82) is 0 Å². The molecule has 8 heteroatoms. The van der Waals surface area contributed by atoms with Gasteiger partial charge in [0, 0.05) is 31.4 Å². The average molecular weight is 412 g/mol. The molecule has 2 aromatic rings. The minimum atomic E-state index is -0.400. The lowest BCUT2D eigenvalue weighted by Gasteiger charge is -2.18. The van der Waals surface area contributed by atoms with Gasteiger partial charge in [-0.25, -0.2) is 4.79 Å². The van der Waals surface area contributed by atoms with E-state index in [1.807, 2.05) is 26.0 Å². The lowest BCUT2D eigenvalue weighted by atomic mass is 9.94. The van der Waals surface area contributed by atoms with Gasteiger partial charge in [-0.05, 0) is 42.9 Å². The third-order valence-electron chi connectivity index (χ3n) is 4.97. The molecule has 30 heavy (non-hydrogen) atoms. The first-order valence-electron chi connectivity index (χ1n) is 10.2. The van der Waals surface area contributed by atoms with Crippen LogP contribution in [0.5, 0.6) is 0 Å². The molecule has 2 N–H and O–H groups in total. The molecular formula is C22H28N4O4. The molecule has 0 bridgehead atoms. The Bertz CT molecular complexity index is 918. The van der Waals surface area contributed by atoms with Gasteiger partial charge in [0.15, 0.2) is 11.5 Å². The van der Waals surface area contributed by atoms with Crippen LogP contribution < -0.4 is 5.32 Å². The molecule has 1 heterocycles. The number of aryl methyl sites for hydroxylation is 1. The number of nitrogens with zero attached hydrogens (tertiary/aromatic N) is 2. The highest BCUT2D eigenvalue weighted by Gasteiger charge is 2.27. The van der Waals surface area contributed by atoms with Crippen LogP contribution in [-0.2, 0) is 17.6 Å². The van der Waals surface area contributed by atoms with Crippen LogP contribution in [0.15, 0.2) is 24.3 Å². The van der Waals surface area contributed by atoms with Crippen molar-refractivity contribution in [3.05, 3.63) is 46.8 Å². The molecule has 3 rings (SSSR count). The van der Waals surface area contributed by atoms with Crippen LogP contribution in [0.2, 0.25) is 0 Å². The molecular weight excluding hydrogens is 384 g/mol. The zero-order chi connectivity index (χ0) is 21.7. The van der Waals surface area contributed by atoms with Gasteiger partial charge in [0.25, 0.3) is 5.91 Å². The number of hydrogen-bond acceptors (Lipinski definition) is 5. The van der Waals surface area contributed by atoms with E-state index in [4.69, 9.17) is 4.74 Å². The number of aromatic amines is 1. The smallest absolute Gasteiger partial charge is 0.409 e. The van der Waals surface area contributed by atoms with E-state index >= 15 is 0 Å². The summed E-state index contributed by atoms with van der Waals surface area (Å²) in [6.45, 7) is 4.92. The Labute approximate surface area is 176 Å². The van der Waals surface area contributed by atoms with E-state index in [2.05, 4.69) is 15.5 Å². The van der Waals surface area contributed by atoms with Crippen molar-refractivity contribution in [3.63, 3.8) is 0 Å². The van der Waals surface area contributed by atoms with Crippen LogP contribution in [0.4, 0.5) is 10.5 Å². The molecule has 0 fully saturated rings. The number of fused-ring (bicyclic) bond motifs is 1. The first kappa shape index (κ1) is 21.5. The van der Waals surface area contributed by atoms with Gasteiger partial charge in [-0.15, -0.1) is 0 Å². The van der Waals surface area contributed by atoms with Gasteiger partial charge in [-0.3, -0.25) is 14.7 Å². The van der Waals surface area contributed by atoms with Crippen molar-refractivity contribution in [3.8, 4) is 0 Å². The molecule has 1 aliphatic rings. The van der Waals surface area contributed by atoms with Gasteiger partial charge in [0.05, 0.1) is 12.2 Å². The predicted molar refractivity (Wildman–Crippen MR) is 113 cm³/mol. The Kier molecular flexibility index (Phi) is 6.87. The number of benzene rings is 1. The topological polar surface area (TPSA) is 104 Å². The van der Waals surface area contributed by atoms with Crippen LogP contribution in [0, 0.1) is 5.92 Å². The van der Waals surface area contributed by atoms with Crippen LogP contribution in [0.1, 0.15) is 58.8 Å². The predicted octanol–water partition coefficient (Wildman–Crippen LogP) is 3.45. The van der Waals surface area contributed by atoms with Gasteiger partial charge in [-0.1, -0.05) is 26.0 Å². The van der Waals surface area contributed by atoms with Crippen molar-refractivity contribution in [2.45, 2.75) is 39.5 Å². The molecule has 0 unspecified atom stereocenters. The lowest BCUT2D eigenvalue weighted by molar-refractivity contribution is 0.0955. The summed E-state index contributed by atoms with van der Waals surface area (Å²) in [5.41, 5.74) is 2.96. The Morgan fingerprint density at radius 3 is 2.67 bits per heavy atom. The number of carbonyl (C=O) groups excluding carboxylic acids is 3. The number of hydrogen-bond donors (Lipinski definition) is 2. The second-order valence-electron chi connectivity index (χ2n) is 8.00. The first-order valence-corrected chi connectivity index (χ1v) is 10.2. The van der Waals surface area contributed by atoms with Gasteiger partial charge in [-0.2, -0.15) is 5.10 Å². The van der Waals surface area contributed by atoms with E-state index in [0.717, 1.165) is 24.1 Å². The molecule has 0 atom stereocenters. The normalized spacial score (nSPS) is 13.1. The Morgan fingerprint density at radius 1 is 1.23 bits per heavy atom. The van der Waals surface area contributed by atoms with Crippen LogP contribution in [-0.4, -0.2) is 53.1 Å². The van der Waals surface area contributed by atoms with E-state index in [1.165, 1.54) is 0 Å². The second kappa shape index (κ2) is 9.56. The number of ketones is 1. The van der Waals surface area contributed by atoms with Gasteiger partial charge in [0.1, 0.15) is 0 Å². The standard InChI is InChI=1S/C22H28N4O4/c1-14(2)13-30-22(29)26(3)12-11-15-7-9-16(10-8-15)23-21(28)20-19-17(24-25-20)5-4-6-18(19)27/h7-10,14H,4-6,11-13H2,1-3H3,(H,23,28)(H,24,25). The number of likely N-dealkylation sites (N-methyl/N-ethyl adjacent to an activating group) is 1. The maximum atomic E-state index is 12.6. The summed E-state index contributed by atoms with van der Waals surface area (Å²) in [4.78, 5) is 38.2. The molecule has 0 radical (unpaired) electrons. The van der Waals surface area contributed by atoms with Gasteiger partial charge < -0.3 is 15.0 Å². The second-order valence-corrected chi connectivity index (χ2v) is 8.00.